The molecule has 230 valence electrons. The quantitative estimate of drug-likeness (QED) is 0.148. The number of carbonyl (C=O) groups excluding carboxylic acids is 1. The SMILES string of the molecule is CCc1cc2c(cc1CC)CC(NC[C@H](OC(=O)c1ccccc1O)c1ccc(OCc3ccccc3)c3[nH]c(=O)ccc13)C2. The summed E-state index contributed by atoms with van der Waals surface area (Å²) >= 11 is 0. The molecule has 1 aliphatic carbocycles. The van der Waals surface area contributed by atoms with Gasteiger partial charge in [-0.25, -0.2) is 4.79 Å². The van der Waals surface area contributed by atoms with E-state index in [0.29, 0.717) is 29.8 Å². The van der Waals surface area contributed by atoms with Crippen molar-refractivity contribution in [2.24, 2.45) is 0 Å². The minimum absolute atomic E-state index is 0.0930. The highest BCUT2D eigenvalue weighted by Crippen LogP contribution is 2.33. The van der Waals surface area contributed by atoms with Gasteiger partial charge in [0.2, 0.25) is 5.56 Å². The highest BCUT2D eigenvalue weighted by atomic mass is 16.5. The van der Waals surface area contributed by atoms with E-state index in [2.05, 4.69) is 36.3 Å². The number of para-hydroxylation sites is 1. The fourth-order valence-corrected chi connectivity index (χ4v) is 6.29. The van der Waals surface area contributed by atoms with Crippen LogP contribution in [0.25, 0.3) is 10.9 Å². The first kappa shape index (κ1) is 30.2. The number of carbonyl (C=O) groups is 1. The lowest BCUT2D eigenvalue weighted by Gasteiger charge is -2.23. The molecule has 0 radical (unpaired) electrons. The van der Waals surface area contributed by atoms with Crippen LogP contribution in [-0.4, -0.2) is 28.6 Å². The monoisotopic (exact) mass is 602 g/mol. The summed E-state index contributed by atoms with van der Waals surface area (Å²) in [5.41, 5.74) is 7.64. The second-order valence-electron chi connectivity index (χ2n) is 11.6. The number of hydrogen-bond acceptors (Lipinski definition) is 6. The molecule has 0 saturated heterocycles. The van der Waals surface area contributed by atoms with Gasteiger partial charge in [0.15, 0.2) is 0 Å². The average molecular weight is 603 g/mol. The summed E-state index contributed by atoms with van der Waals surface area (Å²) in [6, 6.07) is 27.9. The van der Waals surface area contributed by atoms with Gasteiger partial charge in [-0.3, -0.25) is 4.79 Å². The maximum atomic E-state index is 13.4. The normalized spacial score (nSPS) is 13.5. The van der Waals surface area contributed by atoms with Crippen LogP contribution in [0.4, 0.5) is 0 Å². The van der Waals surface area contributed by atoms with Gasteiger partial charge in [0.25, 0.3) is 0 Å². The number of hydrogen-bond donors (Lipinski definition) is 3. The second-order valence-corrected chi connectivity index (χ2v) is 11.6. The van der Waals surface area contributed by atoms with Gasteiger partial charge in [-0.1, -0.05) is 74.5 Å². The lowest BCUT2D eigenvalue weighted by molar-refractivity contribution is 0.0291. The van der Waals surface area contributed by atoms with Crippen LogP contribution in [0.3, 0.4) is 0 Å². The number of aromatic amines is 1. The molecule has 0 aliphatic heterocycles. The third-order valence-corrected chi connectivity index (χ3v) is 8.66. The molecule has 0 fully saturated rings. The van der Waals surface area contributed by atoms with Crippen LogP contribution < -0.4 is 15.6 Å². The summed E-state index contributed by atoms with van der Waals surface area (Å²) in [7, 11) is 0. The van der Waals surface area contributed by atoms with Gasteiger partial charge in [0.05, 0.1) is 5.52 Å². The number of nitrogens with one attached hydrogen (secondary N) is 2. The molecule has 1 heterocycles. The maximum Gasteiger partial charge on any atom is 0.342 e. The van der Waals surface area contributed by atoms with E-state index >= 15 is 0 Å². The van der Waals surface area contributed by atoms with E-state index in [1.807, 2.05) is 36.4 Å². The van der Waals surface area contributed by atoms with Gasteiger partial charge in [-0.15, -0.1) is 0 Å². The Hall–Kier alpha value is -4.88. The van der Waals surface area contributed by atoms with E-state index in [1.165, 1.54) is 34.4 Å². The number of H-pyrrole nitrogens is 1. The van der Waals surface area contributed by atoms with E-state index in [1.54, 1.807) is 30.3 Å². The van der Waals surface area contributed by atoms with E-state index in [4.69, 9.17) is 9.47 Å². The van der Waals surface area contributed by atoms with Gasteiger partial charge in [-0.2, -0.15) is 0 Å². The van der Waals surface area contributed by atoms with Crippen molar-refractivity contribution >= 4 is 16.9 Å². The molecule has 7 nitrogen and oxygen atoms in total. The smallest absolute Gasteiger partial charge is 0.342 e. The minimum atomic E-state index is -0.713. The first-order chi connectivity index (χ1) is 21.9. The zero-order chi connectivity index (χ0) is 31.3. The molecular weight excluding hydrogens is 564 g/mol. The number of fused-ring (bicyclic) bond motifs is 2. The molecule has 4 aromatic carbocycles. The first-order valence-electron chi connectivity index (χ1n) is 15.6. The predicted molar refractivity (Wildman–Crippen MR) is 176 cm³/mol. The van der Waals surface area contributed by atoms with Gasteiger partial charge in [0, 0.05) is 29.6 Å². The van der Waals surface area contributed by atoms with Gasteiger partial charge >= 0.3 is 5.97 Å². The molecule has 0 saturated carbocycles. The third-order valence-electron chi connectivity index (χ3n) is 8.66. The van der Waals surface area contributed by atoms with Crippen molar-refractivity contribution in [1.82, 2.24) is 10.3 Å². The summed E-state index contributed by atoms with van der Waals surface area (Å²) in [6.07, 6.45) is 3.10. The second kappa shape index (κ2) is 13.4. The molecule has 0 spiro atoms. The van der Waals surface area contributed by atoms with Crippen LogP contribution in [-0.2, 0) is 37.0 Å². The third kappa shape index (κ3) is 6.64. The Morgan fingerprint density at radius 3 is 2.29 bits per heavy atom. The number of pyridine rings is 1. The topological polar surface area (TPSA) is 101 Å². The molecule has 0 unspecified atom stereocenters. The Labute approximate surface area is 262 Å². The van der Waals surface area contributed by atoms with Crippen LogP contribution in [0, 0.1) is 0 Å². The van der Waals surface area contributed by atoms with Crippen LogP contribution in [0.2, 0.25) is 0 Å². The largest absolute Gasteiger partial charge is 0.507 e. The number of phenolic OH excluding ortho intramolecular Hbond substituents is 1. The maximum absolute atomic E-state index is 13.4. The summed E-state index contributed by atoms with van der Waals surface area (Å²) in [4.78, 5) is 28.8. The predicted octanol–water partition coefficient (Wildman–Crippen LogP) is 6.59. The summed E-state index contributed by atoms with van der Waals surface area (Å²) in [5.74, 6) is -0.242. The summed E-state index contributed by atoms with van der Waals surface area (Å²) in [5, 5.41) is 14.8. The number of rotatable bonds is 11. The van der Waals surface area contributed by atoms with Crippen LogP contribution in [0.15, 0.2) is 95.8 Å². The van der Waals surface area contributed by atoms with Crippen molar-refractivity contribution in [1.29, 1.82) is 0 Å². The summed E-state index contributed by atoms with van der Waals surface area (Å²) < 4.78 is 12.3. The molecule has 5 aromatic rings. The highest BCUT2D eigenvalue weighted by Gasteiger charge is 2.27. The molecule has 45 heavy (non-hydrogen) atoms. The van der Waals surface area contributed by atoms with Crippen molar-refractivity contribution in [3.8, 4) is 11.5 Å². The Bertz CT molecular complexity index is 1850. The van der Waals surface area contributed by atoms with Crippen molar-refractivity contribution in [3.05, 3.63) is 140 Å². The number of esters is 1. The van der Waals surface area contributed by atoms with Gasteiger partial charge in [-0.05, 0) is 77.8 Å². The molecule has 6 rings (SSSR count). The zero-order valence-electron chi connectivity index (χ0n) is 25.6. The van der Waals surface area contributed by atoms with Gasteiger partial charge in [0.1, 0.15) is 29.8 Å². The Morgan fingerprint density at radius 2 is 1.60 bits per heavy atom. The number of ether oxygens (including phenoxy) is 2. The molecule has 1 aliphatic rings. The average Bonchev–Trinajstić information content (AvgIpc) is 3.47. The fraction of sp³-hybridized carbons (Fsp3) is 0.263. The molecule has 3 N–H and O–H groups in total. The lowest BCUT2D eigenvalue weighted by atomic mass is 9.97. The molecule has 1 atom stereocenters. The Morgan fingerprint density at radius 1 is 0.911 bits per heavy atom. The Balaban J connectivity index is 1.30. The summed E-state index contributed by atoms with van der Waals surface area (Å²) in [6.45, 7) is 5.08. The molecule has 1 aromatic heterocycles. The minimum Gasteiger partial charge on any atom is -0.507 e. The fourth-order valence-electron chi connectivity index (χ4n) is 6.29. The number of aromatic hydroxyl groups is 1. The first-order valence-corrected chi connectivity index (χ1v) is 15.6. The zero-order valence-corrected chi connectivity index (χ0v) is 25.6. The van der Waals surface area contributed by atoms with Crippen molar-refractivity contribution in [3.63, 3.8) is 0 Å². The number of benzene rings is 4. The van der Waals surface area contributed by atoms with E-state index in [9.17, 15) is 14.7 Å². The molecular formula is C38H38N2O5. The van der Waals surface area contributed by atoms with Crippen molar-refractivity contribution < 1.29 is 19.4 Å². The van der Waals surface area contributed by atoms with Crippen LogP contribution in [0.5, 0.6) is 11.5 Å². The van der Waals surface area contributed by atoms with Crippen molar-refractivity contribution in [2.75, 3.05) is 6.54 Å². The van der Waals surface area contributed by atoms with Crippen LogP contribution >= 0.6 is 0 Å². The van der Waals surface area contributed by atoms with Crippen LogP contribution in [0.1, 0.15) is 63.7 Å². The molecule has 0 amide bonds. The number of aromatic nitrogens is 1. The van der Waals surface area contributed by atoms with E-state index in [0.717, 1.165) is 36.8 Å². The van der Waals surface area contributed by atoms with E-state index in [-0.39, 0.29) is 22.9 Å². The lowest BCUT2D eigenvalue weighted by Crippen LogP contribution is -2.34. The van der Waals surface area contributed by atoms with Gasteiger partial charge < -0.3 is 24.9 Å². The molecule has 0 bridgehead atoms. The van der Waals surface area contributed by atoms with E-state index < -0.39 is 12.1 Å². The number of phenols is 1. The highest BCUT2D eigenvalue weighted by molar-refractivity contribution is 5.93. The standard InChI is InChI=1S/C38H38N2O5/c1-3-25-18-27-20-29(21-28(27)19-26(25)4-2)39-22-35(45-38(43)32-12-8-9-13-33(32)41)30-14-16-34(37-31(30)15-17-36(42)40-37)44-23-24-10-6-5-7-11-24/h5-19,29,35,39,41H,3-4,20-23H2,1-2H3,(H,40,42)/t35-/m0/s1. The molecule has 7 heteroatoms. The number of aryl methyl sites for hydroxylation is 2. The van der Waals surface area contributed by atoms with Crippen molar-refractivity contribution in [2.45, 2.75) is 58.3 Å². The Kier molecular flexibility index (Phi) is 8.98.